The standard InChI is InChI=1S/C29H33N7O3.3H2/c1-18(2)23-15-20(6-5-19(23)3)33-28-34-24-16-21(7-8-26(24)35(28)4)39-22-9-10-30-25(17-22)27(37)31-11-13-36-14-12-32-29(36)38;;;/h5-10,15-18H,11-14H2,1-4H3,(H,31,37)(H,32,38)(H,33,34);3*1H. The molecule has 10 heteroatoms. The largest absolute Gasteiger partial charge is 0.457 e. The molecule has 208 valence electrons. The maximum atomic E-state index is 12.6. The lowest BCUT2D eigenvalue weighted by Gasteiger charge is -2.14. The van der Waals surface area contributed by atoms with Crippen molar-refractivity contribution >= 4 is 34.6 Å². The Kier molecular flexibility index (Phi) is 7.36. The summed E-state index contributed by atoms with van der Waals surface area (Å²) in [5, 5.41) is 8.99. The minimum absolute atomic E-state index is 0. The molecule has 5 rings (SSSR count). The second kappa shape index (κ2) is 11.0. The zero-order valence-electron chi connectivity index (χ0n) is 22.6. The molecule has 1 saturated heterocycles. The number of pyridine rings is 1. The van der Waals surface area contributed by atoms with E-state index in [-0.39, 0.29) is 21.9 Å². The molecule has 0 spiro atoms. The summed E-state index contributed by atoms with van der Waals surface area (Å²) in [5.41, 5.74) is 5.55. The molecule has 0 saturated carbocycles. The van der Waals surface area contributed by atoms with Crippen molar-refractivity contribution < 1.29 is 18.6 Å². The van der Waals surface area contributed by atoms with Gasteiger partial charge in [-0.15, -0.1) is 0 Å². The molecule has 2 aromatic heterocycles. The fourth-order valence-corrected chi connectivity index (χ4v) is 4.68. The summed E-state index contributed by atoms with van der Waals surface area (Å²) in [6.07, 6.45) is 1.53. The van der Waals surface area contributed by atoms with Crippen LogP contribution in [0.4, 0.5) is 16.4 Å². The fraction of sp³-hybridized carbons (Fsp3) is 0.310. The Morgan fingerprint density at radius 3 is 2.74 bits per heavy atom. The van der Waals surface area contributed by atoms with E-state index < -0.39 is 0 Å². The van der Waals surface area contributed by atoms with Crippen LogP contribution in [0.25, 0.3) is 11.0 Å². The minimum atomic E-state index is -0.326. The van der Waals surface area contributed by atoms with Crippen LogP contribution in [0.1, 0.15) is 45.7 Å². The highest BCUT2D eigenvalue weighted by atomic mass is 16.5. The van der Waals surface area contributed by atoms with Crippen molar-refractivity contribution in [2.45, 2.75) is 26.7 Å². The van der Waals surface area contributed by atoms with Crippen molar-refractivity contribution in [1.29, 1.82) is 0 Å². The number of aryl methyl sites for hydroxylation is 2. The molecule has 0 atom stereocenters. The highest BCUT2D eigenvalue weighted by Gasteiger charge is 2.19. The lowest BCUT2D eigenvalue weighted by atomic mass is 9.97. The normalized spacial score (nSPS) is 13.2. The number of aromatic nitrogens is 3. The van der Waals surface area contributed by atoms with Crippen molar-refractivity contribution in [2.75, 3.05) is 31.5 Å². The number of fused-ring (bicyclic) bond motifs is 1. The molecule has 0 bridgehead atoms. The van der Waals surface area contributed by atoms with Crippen molar-refractivity contribution in [3.63, 3.8) is 0 Å². The maximum Gasteiger partial charge on any atom is 0.317 e. The van der Waals surface area contributed by atoms with Crippen LogP contribution in [-0.2, 0) is 7.05 Å². The molecule has 4 aromatic rings. The van der Waals surface area contributed by atoms with E-state index in [1.807, 2.05) is 29.8 Å². The van der Waals surface area contributed by atoms with Gasteiger partial charge in [-0.05, 0) is 54.3 Å². The lowest BCUT2D eigenvalue weighted by Crippen LogP contribution is -2.37. The number of anilines is 2. The van der Waals surface area contributed by atoms with Crippen LogP contribution in [0.15, 0.2) is 54.7 Å². The zero-order chi connectivity index (χ0) is 27.5. The van der Waals surface area contributed by atoms with E-state index in [4.69, 9.17) is 9.72 Å². The van der Waals surface area contributed by atoms with Crippen LogP contribution < -0.4 is 20.7 Å². The molecule has 3 heterocycles. The fourth-order valence-electron chi connectivity index (χ4n) is 4.68. The molecule has 0 unspecified atom stereocenters. The third-order valence-corrected chi connectivity index (χ3v) is 6.82. The van der Waals surface area contributed by atoms with Gasteiger partial charge in [-0.2, -0.15) is 0 Å². The Hall–Kier alpha value is -4.60. The third-order valence-electron chi connectivity index (χ3n) is 6.82. The number of urea groups is 1. The highest BCUT2D eigenvalue weighted by Crippen LogP contribution is 2.29. The van der Waals surface area contributed by atoms with Crippen LogP contribution in [-0.4, -0.2) is 57.6 Å². The number of carbonyl (C=O) groups excluding carboxylic acids is 2. The molecule has 1 fully saturated rings. The van der Waals surface area contributed by atoms with Gasteiger partial charge in [0.2, 0.25) is 5.95 Å². The van der Waals surface area contributed by atoms with Crippen LogP contribution in [0, 0.1) is 6.92 Å². The number of ether oxygens (including phenoxy) is 1. The maximum absolute atomic E-state index is 12.6. The molecule has 1 aliphatic heterocycles. The average molecular weight is 534 g/mol. The first-order valence-electron chi connectivity index (χ1n) is 13.1. The molecular weight excluding hydrogens is 494 g/mol. The number of nitrogens with one attached hydrogen (secondary N) is 3. The summed E-state index contributed by atoms with van der Waals surface area (Å²) in [5.74, 6) is 1.93. The molecule has 1 aliphatic rings. The predicted octanol–water partition coefficient (Wildman–Crippen LogP) is 5.43. The second-order valence-electron chi connectivity index (χ2n) is 9.95. The molecular formula is C29H39N7O3. The minimum Gasteiger partial charge on any atom is -0.457 e. The van der Waals surface area contributed by atoms with Crippen molar-refractivity contribution in [1.82, 2.24) is 30.1 Å². The second-order valence-corrected chi connectivity index (χ2v) is 9.95. The van der Waals surface area contributed by atoms with E-state index in [1.54, 1.807) is 17.0 Å². The smallest absolute Gasteiger partial charge is 0.317 e. The van der Waals surface area contributed by atoms with Crippen molar-refractivity contribution in [3.05, 3.63) is 71.5 Å². The van der Waals surface area contributed by atoms with Gasteiger partial charge in [0.05, 0.1) is 11.0 Å². The summed E-state index contributed by atoms with van der Waals surface area (Å²) in [7, 11) is 1.97. The topological polar surface area (TPSA) is 113 Å². The van der Waals surface area contributed by atoms with Gasteiger partial charge in [-0.25, -0.2) is 9.78 Å². The molecule has 0 radical (unpaired) electrons. The Bertz CT molecular complexity index is 1540. The molecule has 10 nitrogen and oxygen atoms in total. The number of benzene rings is 2. The number of nitrogens with zero attached hydrogens (tertiary/aromatic N) is 4. The van der Waals surface area contributed by atoms with Crippen LogP contribution in [0.5, 0.6) is 11.5 Å². The SMILES string of the molecule is Cc1ccc(Nc2nc3cc(Oc4ccnc(C(=O)NCCN5CCNC5=O)c4)ccc3n2C)cc1C(C)C.[HH].[HH].[HH]. The Balaban J connectivity index is 0.00000205. The number of rotatable bonds is 9. The Labute approximate surface area is 231 Å². The van der Waals surface area contributed by atoms with E-state index in [0.29, 0.717) is 43.6 Å². The molecule has 3 N–H and O–H groups in total. The summed E-state index contributed by atoms with van der Waals surface area (Å²) in [6.45, 7) is 8.56. The summed E-state index contributed by atoms with van der Waals surface area (Å²) < 4.78 is 8.06. The van der Waals surface area contributed by atoms with Gasteiger partial charge in [0.1, 0.15) is 17.2 Å². The molecule has 39 heavy (non-hydrogen) atoms. The Morgan fingerprint density at radius 2 is 1.97 bits per heavy atom. The predicted molar refractivity (Wildman–Crippen MR) is 157 cm³/mol. The first-order valence-corrected chi connectivity index (χ1v) is 13.1. The number of hydrogen-bond donors (Lipinski definition) is 3. The number of amides is 3. The molecule has 2 aromatic carbocycles. The Morgan fingerprint density at radius 1 is 1.15 bits per heavy atom. The van der Waals surface area contributed by atoms with E-state index in [2.05, 4.69) is 59.9 Å². The summed E-state index contributed by atoms with van der Waals surface area (Å²) in [4.78, 5) is 34.8. The van der Waals surface area contributed by atoms with Gasteiger partial charge >= 0.3 is 6.03 Å². The van der Waals surface area contributed by atoms with Gasteiger partial charge in [-0.1, -0.05) is 19.9 Å². The van der Waals surface area contributed by atoms with Crippen molar-refractivity contribution in [2.24, 2.45) is 7.05 Å². The van der Waals surface area contributed by atoms with Gasteiger partial charge in [-0.3, -0.25) is 9.78 Å². The molecule has 3 amide bonds. The van der Waals surface area contributed by atoms with Gasteiger partial charge in [0, 0.05) is 61.5 Å². The number of carbonyl (C=O) groups is 2. The van der Waals surface area contributed by atoms with Gasteiger partial charge in [0.25, 0.3) is 5.91 Å². The van der Waals surface area contributed by atoms with E-state index in [0.717, 1.165) is 22.7 Å². The van der Waals surface area contributed by atoms with Crippen LogP contribution in [0.2, 0.25) is 0 Å². The first-order chi connectivity index (χ1) is 18.8. The van der Waals surface area contributed by atoms with Gasteiger partial charge in [0.15, 0.2) is 0 Å². The van der Waals surface area contributed by atoms with Crippen LogP contribution in [0.3, 0.4) is 0 Å². The number of hydrogen-bond acceptors (Lipinski definition) is 6. The highest BCUT2D eigenvalue weighted by molar-refractivity contribution is 5.92. The van der Waals surface area contributed by atoms with Crippen molar-refractivity contribution in [3.8, 4) is 11.5 Å². The van der Waals surface area contributed by atoms with Gasteiger partial charge < -0.3 is 30.2 Å². The first kappa shape index (κ1) is 26.0. The number of imidazole rings is 1. The third kappa shape index (κ3) is 5.79. The van der Waals surface area contributed by atoms with E-state index >= 15 is 0 Å². The monoisotopic (exact) mass is 533 g/mol. The van der Waals surface area contributed by atoms with E-state index in [9.17, 15) is 9.59 Å². The quantitative estimate of drug-likeness (QED) is 0.264. The lowest BCUT2D eigenvalue weighted by molar-refractivity contribution is 0.0945. The zero-order valence-corrected chi connectivity index (χ0v) is 22.6. The summed E-state index contributed by atoms with van der Waals surface area (Å²) in [6, 6.07) is 15.3. The molecule has 0 aliphatic carbocycles. The average Bonchev–Trinajstić information content (AvgIpc) is 3.46. The van der Waals surface area contributed by atoms with E-state index in [1.165, 1.54) is 17.3 Å². The van der Waals surface area contributed by atoms with Crippen LogP contribution >= 0.6 is 0 Å². The summed E-state index contributed by atoms with van der Waals surface area (Å²) >= 11 is 0.